The molecule has 0 aliphatic rings. The standard InChI is InChI=1S/C15H22N2O4/c1-4-21-14(19)9-17(8-10(2)3)15(20)11-5-6-12(16)13(18)7-11/h5-7,10,18H,4,8-9,16H2,1-3H3. The second kappa shape index (κ2) is 7.52. The number of hydrogen-bond acceptors (Lipinski definition) is 5. The molecule has 0 bridgehead atoms. The largest absolute Gasteiger partial charge is 0.506 e. The van der Waals surface area contributed by atoms with Gasteiger partial charge in [0.15, 0.2) is 0 Å². The number of aromatic hydroxyl groups is 1. The van der Waals surface area contributed by atoms with Gasteiger partial charge in [-0.3, -0.25) is 9.59 Å². The van der Waals surface area contributed by atoms with Gasteiger partial charge in [-0.05, 0) is 31.0 Å². The van der Waals surface area contributed by atoms with E-state index in [1.807, 2.05) is 13.8 Å². The average molecular weight is 294 g/mol. The van der Waals surface area contributed by atoms with E-state index >= 15 is 0 Å². The smallest absolute Gasteiger partial charge is 0.325 e. The van der Waals surface area contributed by atoms with Crippen molar-refractivity contribution in [1.29, 1.82) is 0 Å². The number of ether oxygens (including phenoxy) is 1. The molecule has 0 atom stereocenters. The number of rotatable bonds is 6. The van der Waals surface area contributed by atoms with Gasteiger partial charge in [-0.2, -0.15) is 0 Å². The van der Waals surface area contributed by atoms with Crippen LogP contribution in [0.2, 0.25) is 0 Å². The lowest BCUT2D eigenvalue weighted by atomic mass is 10.1. The summed E-state index contributed by atoms with van der Waals surface area (Å²) >= 11 is 0. The summed E-state index contributed by atoms with van der Waals surface area (Å²) in [5.41, 5.74) is 6.00. The van der Waals surface area contributed by atoms with Crippen LogP contribution in [0.1, 0.15) is 31.1 Å². The second-order valence-corrected chi connectivity index (χ2v) is 5.16. The van der Waals surface area contributed by atoms with Crippen LogP contribution in [0.5, 0.6) is 5.75 Å². The second-order valence-electron chi connectivity index (χ2n) is 5.16. The third-order valence-corrected chi connectivity index (χ3v) is 2.78. The molecule has 116 valence electrons. The number of esters is 1. The Balaban J connectivity index is 2.92. The number of hydrogen-bond donors (Lipinski definition) is 2. The molecule has 0 aliphatic carbocycles. The summed E-state index contributed by atoms with van der Waals surface area (Å²) in [4.78, 5) is 25.5. The number of phenolic OH excluding ortho intramolecular Hbond substituents is 1. The molecule has 0 saturated heterocycles. The zero-order chi connectivity index (χ0) is 16.0. The van der Waals surface area contributed by atoms with Gasteiger partial charge in [0.1, 0.15) is 12.3 Å². The molecular formula is C15H22N2O4. The van der Waals surface area contributed by atoms with Crippen LogP contribution in [0.25, 0.3) is 0 Å². The van der Waals surface area contributed by atoms with Crippen LogP contribution in [0, 0.1) is 5.92 Å². The number of nitrogens with two attached hydrogens (primary N) is 1. The number of amides is 1. The molecule has 6 heteroatoms. The quantitative estimate of drug-likeness (QED) is 0.472. The highest BCUT2D eigenvalue weighted by Crippen LogP contribution is 2.21. The molecule has 6 nitrogen and oxygen atoms in total. The van der Waals surface area contributed by atoms with Gasteiger partial charge < -0.3 is 20.5 Å². The lowest BCUT2D eigenvalue weighted by Gasteiger charge is -2.23. The predicted octanol–water partition coefficient (Wildman–Crippen LogP) is 1.64. The summed E-state index contributed by atoms with van der Waals surface area (Å²) in [6, 6.07) is 4.28. The van der Waals surface area contributed by atoms with E-state index in [4.69, 9.17) is 10.5 Å². The molecule has 0 saturated carbocycles. The highest BCUT2D eigenvalue weighted by molar-refractivity contribution is 5.96. The Bertz CT molecular complexity index is 514. The number of nitrogen functional groups attached to an aromatic ring is 1. The summed E-state index contributed by atoms with van der Waals surface area (Å²) in [5, 5.41) is 9.59. The van der Waals surface area contributed by atoms with Gasteiger partial charge in [-0.15, -0.1) is 0 Å². The Morgan fingerprint density at radius 2 is 2.05 bits per heavy atom. The maximum absolute atomic E-state index is 12.4. The highest BCUT2D eigenvalue weighted by atomic mass is 16.5. The topological polar surface area (TPSA) is 92.9 Å². The molecular weight excluding hydrogens is 272 g/mol. The van der Waals surface area contributed by atoms with Gasteiger partial charge in [0.25, 0.3) is 5.91 Å². The van der Waals surface area contributed by atoms with Gasteiger partial charge in [-0.25, -0.2) is 0 Å². The summed E-state index contributed by atoms with van der Waals surface area (Å²) in [6.07, 6.45) is 0. The lowest BCUT2D eigenvalue weighted by molar-refractivity contribution is -0.143. The Morgan fingerprint density at radius 3 is 2.57 bits per heavy atom. The minimum absolute atomic E-state index is 0.115. The first-order valence-electron chi connectivity index (χ1n) is 6.88. The molecule has 3 N–H and O–H groups in total. The van der Waals surface area contributed by atoms with Crippen LogP contribution < -0.4 is 5.73 Å². The summed E-state index contributed by atoms with van der Waals surface area (Å²) in [7, 11) is 0. The van der Waals surface area contributed by atoms with Crippen LogP contribution in [0.3, 0.4) is 0 Å². The maximum atomic E-state index is 12.4. The molecule has 1 rings (SSSR count). The van der Waals surface area contributed by atoms with Crippen molar-refractivity contribution in [3.63, 3.8) is 0 Å². The third-order valence-electron chi connectivity index (χ3n) is 2.78. The summed E-state index contributed by atoms with van der Waals surface area (Å²) < 4.78 is 4.88. The SMILES string of the molecule is CCOC(=O)CN(CC(C)C)C(=O)c1ccc(N)c(O)c1. The van der Waals surface area contributed by atoms with E-state index in [0.717, 1.165) is 0 Å². The van der Waals surface area contributed by atoms with Crippen molar-refractivity contribution >= 4 is 17.6 Å². The highest BCUT2D eigenvalue weighted by Gasteiger charge is 2.21. The van der Waals surface area contributed by atoms with Crippen molar-refractivity contribution in [1.82, 2.24) is 4.90 Å². The molecule has 1 amide bonds. The summed E-state index contributed by atoms with van der Waals surface area (Å²) in [6.45, 7) is 6.19. The van der Waals surface area contributed by atoms with Crippen LogP contribution in [-0.4, -0.2) is 41.6 Å². The van der Waals surface area contributed by atoms with Crippen molar-refractivity contribution in [3.8, 4) is 5.75 Å². The van der Waals surface area contributed by atoms with Gasteiger partial charge in [0, 0.05) is 12.1 Å². The zero-order valence-corrected chi connectivity index (χ0v) is 12.6. The molecule has 1 aromatic rings. The lowest BCUT2D eigenvalue weighted by Crippen LogP contribution is -2.38. The number of carbonyl (C=O) groups is 2. The number of carbonyl (C=O) groups excluding carboxylic acids is 2. The van der Waals surface area contributed by atoms with Crippen molar-refractivity contribution in [2.45, 2.75) is 20.8 Å². The Morgan fingerprint density at radius 1 is 1.38 bits per heavy atom. The van der Waals surface area contributed by atoms with Crippen LogP contribution in [0.15, 0.2) is 18.2 Å². The molecule has 0 heterocycles. The van der Waals surface area contributed by atoms with E-state index in [1.165, 1.54) is 23.1 Å². The molecule has 0 radical (unpaired) electrons. The minimum Gasteiger partial charge on any atom is -0.506 e. The van der Waals surface area contributed by atoms with E-state index in [1.54, 1.807) is 6.92 Å². The van der Waals surface area contributed by atoms with Crippen LogP contribution >= 0.6 is 0 Å². The fourth-order valence-corrected chi connectivity index (χ4v) is 1.88. The van der Waals surface area contributed by atoms with E-state index < -0.39 is 5.97 Å². The zero-order valence-electron chi connectivity index (χ0n) is 12.6. The van der Waals surface area contributed by atoms with Gasteiger partial charge in [0.2, 0.25) is 0 Å². The predicted molar refractivity (Wildman–Crippen MR) is 79.9 cm³/mol. The van der Waals surface area contributed by atoms with Crippen LogP contribution in [-0.2, 0) is 9.53 Å². The minimum atomic E-state index is -0.453. The van der Waals surface area contributed by atoms with E-state index in [0.29, 0.717) is 6.54 Å². The normalized spacial score (nSPS) is 10.5. The van der Waals surface area contributed by atoms with E-state index in [9.17, 15) is 14.7 Å². The van der Waals surface area contributed by atoms with Crippen LogP contribution in [0.4, 0.5) is 5.69 Å². The van der Waals surface area contributed by atoms with Gasteiger partial charge in [0.05, 0.1) is 12.3 Å². The van der Waals surface area contributed by atoms with E-state index in [-0.39, 0.29) is 42.0 Å². The average Bonchev–Trinajstić information content (AvgIpc) is 2.40. The molecule has 0 aromatic heterocycles. The number of nitrogens with zero attached hydrogens (tertiary/aromatic N) is 1. The van der Waals surface area contributed by atoms with Crippen molar-refractivity contribution < 1.29 is 19.4 Å². The summed E-state index contributed by atoms with van der Waals surface area (Å²) in [5.74, 6) is -0.745. The molecule has 0 fully saturated rings. The van der Waals surface area contributed by atoms with E-state index in [2.05, 4.69) is 0 Å². The first-order valence-corrected chi connectivity index (χ1v) is 6.88. The Labute approximate surface area is 124 Å². The number of benzene rings is 1. The molecule has 1 aromatic carbocycles. The molecule has 0 spiro atoms. The molecule has 0 aliphatic heterocycles. The monoisotopic (exact) mass is 294 g/mol. The number of anilines is 1. The van der Waals surface area contributed by atoms with Gasteiger partial charge >= 0.3 is 5.97 Å². The Hall–Kier alpha value is -2.24. The van der Waals surface area contributed by atoms with Crippen molar-refractivity contribution in [2.75, 3.05) is 25.4 Å². The van der Waals surface area contributed by atoms with Crippen molar-refractivity contribution in [3.05, 3.63) is 23.8 Å². The Kier molecular flexibility index (Phi) is 6.02. The van der Waals surface area contributed by atoms with Crippen molar-refractivity contribution in [2.24, 2.45) is 5.92 Å². The first-order chi connectivity index (χ1) is 9.85. The third kappa shape index (κ3) is 4.98. The molecule has 0 unspecified atom stereocenters. The number of phenols is 1. The maximum Gasteiger partial charge on any atom is 0.325 e. The first kappa shape index (κ1) is 16.8. The fraction of sp³-hybridized carbons (Fsp3) is 0.467. The fourth-order valence-electron chi connectivity index (χ4n) is 1.88. The molecule has 21 heavy (non-hydrogen) atoms. The van der Waals surface area contributed by atoms with Gasteiger partial charge in [-0.1, -0.05) is 13.8 Å².